The highest BCUT2D eigenvalue weighted by atomic mass is 16.5. The average molecular weight is 208 g/mol. The summed E-state index contributed by atoms with van der Waals surface area (Å²) in [6.07, 6.45) is 0.281. The molecule has 0 radical (unpaired) electrons. The number of aliphatic hydroxyl groups excluding tert-OH is 1. The van der Waals surface area contributed by atoms with Gasteiger partial charge < -0.3 is 9.84 Å². The topological polar surface area (TPSA) is 29.5 Å². The van der Waals surface area contributed by atoms with E-state index >= 15 is 0 Å². The van der Waals surface area contributed by atoms with E-state index in [0.717, 1.165) is 0 Å². The molecule has 2 heteroatoms. The molecule has 1 aromatic rings. The summed E-state index contributed by atoms with van der Waals surface area (Å²) in [4.78, 5) is 0. The highest BCUT2D eigenvalue weighted by Gasteiger charge is 2.09. The second-order valence-corrected chi connectivity index (χ2v) is 3.89. The lowest BCUT2D eigenvalue weighted by atomic mass is 9.98. The lowest BCUT2D eigenvalue weighted by Gasteiger charge is -2.14. The molecule has 0 aliphatic carbocycles. The molecule has 1 N–H and O–H groups in total. The number of rotatable bonds is 5. The largest absolute Gasteiger partial charge is 0.390 e. The fourth-order valence-corrected chi connectivity index (χ4v) is 1.72. The molecule has 15 heavy (non-hydrogen) atoms. The first-order valence-electron chi connectivity index (χ1n) is 5.46. The van der Waals surface area contributed by atoms with E-state index in [-0.39, 0.29) is 0 Å². The molecule has 0 bridgehead atoms. The smallest absolute Gasteiger partial charge is 0.0814 e. The molecule has 0 aliphatic heterocycles. The number of ether oxygens (including phenoxy) is 1. The van der Waals surface area contributed by atoms with Crippen LogP contribution in [0, 0.1) is 13.8 Å². The van der Waals surface area contributed by atoms with E-state index in [1.807, 2.05) is 13.0 Å². The maximum Gasteiger partial charge on any atom is 0.0814 e. The van der Waals surface area contributed by atoms with Crippen LogP contribution in [-0.4, -0.2) is 24.4 Å². The maximum atomic E-state index is 9.76. The minimum Gasteiger partial charge on any atom is -0.390 e. The van der Waals surface area contributed by atoms with Gasteiger partial charge in [0.25, 0.3) is 0 Å². The summed E-state index contributed by atoms with van der Waals surface area (Å²) in [6.45, 7) is 7.17. The van der Waals surface area contributed by atoms with Gasteiger partial charge in [-0.05, 0) is 37.5 Å². The lowest BCUT2D eigenvalue weighted by Crippen LogP contribution is -2.19. The van der Waals surface area contributed by atoms with Crippen molar-refractivity contribution >= 4 is 0 Å². The van der Waals surface area contributed by atoms with E-state index in [0.29, 0.717) is 19.6 Å². The van der Waals surface area contributed by atoms with Crippen LogP contribution < -0.4 is 0 Å². The Balaban J connectivity index is 2.63. The summed E-state index contributed by atoms with van der Waals surface area (Å²) in [5.41, 5.74) is 3.72. The second-order valence-electron chi connectivity index (χ2n) is 3.89. The van der Waals surface area contributed by atoms with Gasteiger partial charge >= 0.3 is 0 Å². The third-order valence-electron chi connectivity index (χ3n) is 2.60. The van der Waals surface area contributed by atoms with Crippen molar-refractivity contribution in [2.45, 2.75) is 33.3 Å². The molecular formula is C13H20O2. The standard InChI is InChI=1S/C13H20O2/c1-4-15-9-12(14)8-13-10(2)6-5-7-11(13)3/h5-7,12,14H,4,8-9H2,1-3H3. The van der Waals surface area contributed by atoms with Gasteiger partial charge in [0.05, 0.1) is 12.7 Å². The Bertz CT molecular complexity index is 287. The van der Waals surface area contributed by atoms with Gasteiger partial charge in [0.1, 0.15) is 0 Å². The van der Waals surface area contributed by atoms with Crippen molar-refractivity contribution in [3.05, 3.63) is 34.9 Å². The van der Waals surface area contributed by atoms with Crippen LogP contribution >= 0.6 is 0 Å². The van der Waals surface area contributed by atoms with Crippen LogP contribution in [0.3, 0.4) is 0 Å². The Hall–Kier alpha value is -0.860. The van der Waals surface area contributed by atoms with E-state index < -0.39 is 6.10 Å². The van der Waals surface area contributed by atoms with Crippen LogP contribution in [0.1, 0.15) is 23.6 Å². The predicted molar refractivity (Wildman–Crippen MR) is 62.1 cm³/mol. The van der Waals surface area contributed by atoms with Gasteiger partial charge in [0, 0.05) is 13.0 Å². The molecule has 0 aliphatic rings. The van der Waals surface area contributed by atoms with Crippen LogP contribution in [-0.2, 0) is 11.2 Å². The summed E-state index contributed by atoms with van der Waals surface area (Å²) < 4.78 is 5.20. The van der Waals surface area contributed by atoms with Crippen molar-refractivity contribution in [3.63, 3.8) is 0 Å². The Labute approximate surface area is 91.9 Å². The zero-order chi connectivity index (χ0) is 11.3. The van der Waals surface area contributed by atoms with Gasteiger partial charge in [-0.1, -0.05) is 18.2 Å². The summed E-state index contributed by atoms with van der Waals surface area (Å²) in [7, 11) is 0. The SMILES string of the molecule is CCOCC(O)Cc1c(C)cccc1C. The van der Waals surface area contributed by atoms with Gasteiger partial charge in [-0.25, -0.2) is 0 Å². The zero-order valence-corrected chi connectivity index (χ0v) is 9.79. The van der Waals surface area contributed by atoms with E-state index in [9.17, 15) is 5.11 Å². The predicted octanol–water partition coefficient (Wildman–Crippen LogP) is 2.24. The number of hydrogen-bond donors (Lipinski definition) is 1. The molecule has 0 saturated heterocycles. The zero-order valence-electron chi connectivity index (χ0n) is 9.79. The van der Waals surface area contributed by atoms with Gasteiger partial charge in [0.2, 0.25) is 0 Å². The van der Waals surface area contributed by atoms with Crippen molar-refractivity contribution in [2.24, 2.45) is 0 Å². The summed E-state index contributed by atoms with van der Waals surface area (Å²) in [5.74, 6) is 0. The van der Waals surface area contributed by atoms with Gasteiger partial charge in [-0.2, -0.15) is 0 Å². The third-order valence-corrected chi connectivity index (χ3v) is 2.60. The molecule has 0 aromatic heterocycles. The Morgan fingerprint density at radius 2 is 1.87 bits per heavy atom. The Morgan fingerprint density at radius 1 is 1.27 bits per heavy atom. The van der Waals surface area contributed by atoms with E-state index in [4.69, 9.17) is 4.74 Å². The van der Waals surface area contributed by atoms with Crippen LogP contribution in [0.25, 0.3) is 0 Å². The average Bonchev–Trinajstić information content (AvgIpc) is 2.21. The van der Waals surface area contributed by atoms with Crippen molar-refractivity contribution in [1.82, 2.24) is 0 Å². The molecule has 0 spiro atoms. The summed E-state index contributed by atoms with van der Waals surface area (Å²) >= 11 is 0. The Morgan fingerprint density at radius 3 is 2.40 bits per heavy atom. The monoisotopic (exact) mass is 208 g/mol. The molecule has 1 unspecified atom stereocenters. The molecule has 84 valence electrons. The van der Waals surface area contributed by atoms with E-state index in [2.05, 4.69) is 26.0 Å². The fraction of sp³-hybridized carbons (Fsp3) is 0.538. The molecule has 0 fully saturated rings. The van der Waals surface area contributed by atoms with E-state index in [1.165, 1.54) is 16.7 Å². The molecular weight excluding hydrogens is 188 g/mol. The number of aliphatic hydroxyl groups is 1. The molecule has 1 aromatic carbocycles. The lowest BCUT2D eigenvalue weighted by molar-refractivity contribution is 0.0428. The van der Waals surface area contributed by atoms with Crippen LogP contribution in [0.5, 0.6) is 0 Å². The van der Waals surface area contributed by atoms with Crippen molar-refractivity contribution in [3.8, 4) is 0 Å². The van der Waals surface area contributed by atoms with Crippen molar-refractivity contribution in [1.29, 1.82) is 0 Å². The first-order chi connectivity index (χ1) is 7.15. The highest BCUT2D eigenvalue weighted by molar-refractivity contribution is 5.33. The molecule has 0 heterocycles. The second kappa shape index (κ2) is 5.89. The minimum atomic E-state index is -0.398. The van der Waals surface area contributed by atoms with Gasteiger partial charge in [0.15, 0.2) is 0 Å². The van der Waals surface area contributed by atoms with Crippen LogP contribution in [0.15, 0.2) is 18.2 Å². The molecule has 1 rings (SSSR count). The molecule has 0 amide bonds. The first-order valence-corrected chi connectivity index (χ1v) is 5.46. The van der Waals surface area contributed by atoms with E-state index in [1.54, 1.807) is 0 Å². The minimum absolute atomic E-state index is 0.398. The maximum absolute atomic E-state index is 9.76. The van der Waals surface area contributed by atoms with Gasteiger partial charge in [-0.3, -0.25) is 0 Å². The van der Waals surface area contributed by atoms with Crippen LogP contribution in [0.2, 0.25) is 0 Å². The van der Waals surface area contributed by atoms with Crippen molar-refractivity contribution in [2.75, 3.05) is 13.2 Å². The molecule has 2 nitrogen and oxygen atoms in total. The first kappa shape index (κ1) is 12.2. The summed E-state index contributed by atoms with van der Waals surface area (Å²) in [5, 5.41) is 9.76. The third kappa shape index (κ3) is 3.65. The number of aryl methyl sites for hydroxylation is 2. The quantitative estimate of drug-likeness (QED) is 0.804. The number of hydrogen-bond acceptors (Lipinski definition) is 2. The Kier molecular flexibility index (Phi) is 4.79. The normalized spacial score (nSPS) is 12.8. The van der Waals surface area contributed by atoms with Crippen LogP contribution in [0.4, 0.5) is 0 Å². The highest BCUT2D eigenvalue weighted by Crippen LogP contribution is 2.15. The summed E-state index contributed by atoms with van der Waals surface area (Å²) in [6, 6.07) is 6.20. The fourth-order valence-electron chi connectivity index (χ4n) is 1.72. The van der Waals surface area contributed by atoms with Gasteiger partial charge in [-0.15, -0.1) is 0 Å². The number of benzene rings is 1. The molecule has 0 saturated carbocycles. The van der Waals surface area contributed by atoms with Crippen molar-refractivity contribution < 1.29 is 9.84 Å². The molecule has 1 atom stereocenters.